The van der Waals surface area contributed by atoms with Crippen LogP contribution in [-0.4, -0.2) is 38.3 Å². The van der Waals surface area contributed by atoms with Gasteiger partial charge in [0.25, 0.3) is 0 Å². The number of nitrogens with zero attached hydrogens (tertiary/aromatic N) is 2. The summed E-state index contributed by atoms with van der Waals surface area (Å²) in [7, 11) is 2.07. The van der Waals surface area contributed by atoms with E-state index in [-0.39, 0.29) is 0 Å². The number of likely N-dealkylation sites (N-methyl/N-ethyl adjacent to an activating group) is 1. The minimum Gasteiger partial charge on any atom is -0.380 e. The Morgan fingerprint density at radius 1 is 1.25 bits per heavy atom. The number of aryl methyl sites for hydroxylation is 1. The van der Waals surface area contributed by atoms with E-state index < -0.39 is 0 Å². The predicted molar refractivity (Wildman–Crippen MR) is 85.4 cm³/mol. The molecule has 0 saturated carbocycles. The molecular weight excluding hydrogens is 250 g/mol. The number of pyridine rings is 1. The van der Waals surface area contributed by atoms with Crippen LogP contribution in [0, 0.1) is 0 Å². The second-order valence-corrected chi connectivity index (χ2v) is 4.97. The van der Waals surface area contributed by atoms with E-state index in [1.165, 1.54) is 5.56 Å². The van der Waals surface area contributed by atoms with E-state index in [9.17, 15) is 0 Å². The number of nitrogens with one attached hydrogen (secondary N) is 1. The molecule has 0 unspecified atom stereocenters. The molecule has 0 aliphatic heterocycles. The van der Waals surface area contributed by atoms with Gasteiger partial charge in [0, 0.05) is 32.4 Å². The minimum absolute atomic E-state index is 0.744. The smallest absolute Gasteiger partial charge is 0.128 e. The Hall–Kier alpha value is -1.13. The second-order valence-electron chi connectivity index (χ2n) is 4.97. The zero-order valence-electron chi connectivity index (χ0n) is 13.4. The van der Waals surface area contributed by atoms with Crippen LogP contribution in [0.2, 0.25) is 0 Å². The summed E-state index contributed by atoms with van der Waals surface area (Å²) in [4.78, 5) is 6.87. The fraction of sp³-hybridized carbons (Fsp3) is 0.688. The largest absolute Gasteiger partial charge is 0.380 e. The third-order valence-corrected chi connectivity index (χ3v) is 3.21. The van der Waals surface area contributed by atoms with Crippen LogP contribution in [0.25, 0.3) is 0 Å². The monoisotopic (exact) mass is 279 g/mol. The summed E-state index contributed by atoms with van der Waals surface area (Å²) < 4.78 is 5.41. The van der Waals surface area contributed by atoms with Gasteiger partial charge in [-0.3, -0.25) is 0 Å². The van der Waals surface area contributed by atoms with E-state index in [2.05, 4.69) is 43.2 Å². The highest BCUT2D eigenvalue weighted by molar-refractivity contribution is 5.42. The lowest BCUT2D eigenvalue weighted by Crippen LogP contribution is -2.24. The van der Waals surface area contributed by atoms with Crippen molar-refractivity contribution in [2.24, 2.45) is 0 Å². The van der Waals surface area contributed by atoms with Gasteiger partial charge in [0.05, 0.1) is 6.61 Å². The maximum Gasteiger partial charge on any atom is 0.128 e. The van der Waals surface area contributed by atoms with Crippen LogP contribution < -0.4 is 10.2 Å². The van der Waals surface area contributed by atoms with Gasteiger partial charge in [-0.15, -0.1) is 0 Å². The molecule has 1 heterocycles. The Kier molecular flexibility index (Phi) is 8.23. The molecule has 114 valence electrons. The number of ether oxygens (including phenoxy) is 1. The normalized spacial score (nSPS) is 10.8. The molecule has 0 radical (unpaired) electrons. The lowest BCUT2D eigenvalue weighted by molar-refractivity contribution is 0.154. The van der Waals surface area contributed by atoms with Crippen LogP contribution in [0.5, 0.6) is 0 Å². The van der Waals surface area contributed by atoms with Gasteiger partial charge < -0.3 is 15.0 Å². The second kappa shape index (κ2) is 9.72. The standard InChI is InChI=1S/C16H29N3O/c1-5-8-17-13-14-11-15(6-2)18-16(12-14)19(4)9-10-20-7-3/h11-12,17H,5-10,13H2,1-4H3. The van der Waals surface area contributed by atoms with E-state index in [1.807, 2.05) is 6.92 Å². The molecule has 4 heteroatoms. The predicted octanol–water partition coefficient (Wildman–Crippen LogP) is 2.62. The summed E-state index contributed by atoms with van der Waals surface area (Å²) in [6.07, 6.45) is 2.13. The summed E-state index contributed by atoms with van der Waals surface area (Å²) >= 11 is 0. The first-order valence-electron chi connectivity index (χ1n) is 7.70. The summed E-state index contributed by atoms with van der Waals surface area (Å²) in [6, 6.07) is 4.37. The van der Waals surface area contributed by atoms with Crippen LogP contribution in [-0.2, 0) is 17.7 Å². The quantitative estimate of drug-likeness (QED) is 0.668. The fourth-order valence-corrected chi connectivity index (χ4v) is 1.98. The first kappa shape index (κ1) is 16.9. The topological polar surface area (TPSA) is 37.4 Å². The molecule has 1 aromatic heterocycles. The van der Waals surface area contributed by atoms with E-state index in [4.69, 9.17) is 9.72 Å². The van der Waals surface area contributed by atoms with Crippen molar-refractivity contribution in [2.45, 2.75) is 40.2 Å². The zero-order valence-corrected chi connectivity index (χ0v) is 13.4. The number of anilines is 1. The highest BCUT2D eigenvalue weighted by atomic mass is 16.5. The van der Waals surface area contributed by atoms with Crippen molar-refractivity contribution >= 4 is 5.82 Å². The third kappa shape index (κ3) is 5.88. The molecule has 1 N–H and O–H groups in total. The van der Waals surface area contributed by atoms with Crippen molar-refractivity contribution < 1.29 is 4.74 Å². The Morgan fingerprint density at radius 3 is 2.70 bits per heavy atom. The molecule has 1 rings (SSSR count). The van der Waals surface area contributed by atoms with Gasteiger partial charge in [0.15, 0.2) is 0 Å². The van der Waals surface area contributed by atoms with E-state index in [0.717, 1.165) is 57.2 Å². The summed E-state index contributed by atoms with van der Waals surface area (Å²) in [5.41, 5.74) is 2.46. The molecule has 4 nitrogen and oxygen atoms in total. The van der Waals surface area contributed by atoms with Crippen LogP contribution in [0.4, 0.5) is 5.82 Å². The van der Waals surface area contributed by atoms with Gasteiger partial charge in [-0.1, -0.05) is 13.8 Å². The lowest BCUT2D eigenvalue weighted by atomic mass is 10.2. The van der Waals surface area contributed by atoms with E-state index >= 15 is 0 Å². The number of aromatic nitrogens is 1. The van der Waals surface area contributed by atoms with Crippen LogP contribution >= 0.6 is 0 Å². The Morgan fingerprint density at radius 2 is 2.05 bits per heavy atom. The molecule has 0 spiro atoms. The van der Waals surface area contributed by atoms with Gasteiger partial charge in [-0.2, -0.15) is 0 Å². The molecule has 20 heavy (non-hydrogen) atoms. The first-order valence-corrected chi connectivity index (χ1v) is 7.70. The van der Waals surface area contributed by atoms with Gasteiger partial charge in [-0.25, -0.2) is 4.98 Å². The number of hydrogen-bond donors (Lipinski definition) is 1. The number of rotatable bonds is 10. The minimum atomic E-state index is 0.744. The van der Waals surface area contributed by atoms with Crippen molar-refractivity contribution in [1.82, 2.24) is 10.3 Å². The Bertz CT molecular complexity index is 382. The molecule has 0 aliphatic rings. The molecule has 0 saturated heterocycles. The van der Waals surface area contributed by atoms with Crippen LogP contribution in [0.15, 0.2) is 12.1 Å². The van der Waals surface area contributed by atoms with Crippen molar-refractivity contribution in [3.8, 4) is 0 Å². The molecule has 0 aliphatic carbocycles. The summed E-state index contributed by atoms with van der Waals surface area (Å²) in [5, 5.41) is 3.45. The molecule has 0 aromatic carbocycles. The van der Waals surface area contributed by atoms with Gasteiger partial charge in [0.1, 0.15) is 5.82 Å². The van der Waals surface area contributed by atoms with E-state index in [0.29, 0.717) is 0 Å². The van der Waals surface area contributed by atoms with Crippen molar-refractivity contribution in [3.63, 3.8) is 0 Å². The third-order valence-electron chi connectivity index (χ3n) is 3.21. The van der Waals surface area contributed by atoms with Gasteiger partial charge >= 0.3 is 0 Å². The van der Waals surface area contributed by atoms with Gasteiger partial charge in [-0.05, 0) is 44.0 Å². The SMILES string of the molecule is CCCNCc1cc(CC)nc(N(C)CCOCC)c1. The van der Waals surface area contributed by atoms with Crippen molar-refractivity contribution in [1.29, 1.82) is 0 Å². The summed E-state index contributed by atoms with van der Waals surface area (Å²) in [5.74, 6) is 1.04. The molecule has 0 bridgehead atoms. The molecule has 1 aromatic rings. The maximum atomic E-state index is 5.41. The first-order chi connectivity index (χ1) is 9.71. The molecule has 0 atom stereocenters. The van der Waals surface area contributed by atoms with Gasteiger partial charge in [0.2, 0.25) is 0 Å². The average molecular weight is 279 g/mol. The van der Waals surface area contributed by atoms with E-state index in [1.54, 1.807) is 0 Å². The molecule has 0 amide bonds. The Labute approximate surface area is 123 Å². The molecule has 0 fully saturated rings. The maximum absolute atomic E-state index is 5.41. The van der Waals surface area contributed by atoms with Crippen molar-refractivity contribution in [2.75, 3.05) is 38.3 Å². The van der Waals surface area contributed by atoms with Crippen molar-refractivity contribution in [3.05, 3.63) is 23.4 Å². The number of hydrogen-bond acceptors (Lipinski definition) is 4. The van der Waals surface area contributed by atoms with Crippen LogP contribution in [0.1, 0.15) is 38.4 Å². The Balaban J connectivity index is 2.70. The molecular formula is C16H29N3O. The highest BCUT2D eigenvalue weighted by Crippen LogP contribution is 2.14. The lowest BCUT2D eigenvalue weighted by Gasteiger charge is -2.20. The summed E-state index contributed by atoms with van der Waals surface area (Å²) in [6.45, 7) is 10.7. The zero-order chi connectivity index (χ0) is 14.8. The van der Waals surface area contributed by atoms with Crippen LogP contribution in [0.3, 0.4) is 0 Å². The average Bonchev–Trinajstić information content (AvgIpc) is 2.47. The highest BCUT2D eigenvalue weighted by Gasteiger charge is 2.06. The fourth-order valence-electron chi connectivity index (χ4n) is 1.98.